The molecule has 1 heterocycles. The van der Waals surface area contributed by atoms with E-state index in [-0.39, 0.29) is 17.7 Å². The third-order valence-electron chi connectivity index (χ3n) is 4.07. The minimum atomic E-state index is -0.797. The van der Waals surface area contributed by atoms with Gasteiger partial charge in [-0.25, -0.2) is 0 Å². The maximum Gasteiger partial charge on any atom is 0.306 e. The number of rotatable bonds is 3. The minimum Gasteiger partial charge on any atom is -0.481 e. The number of hydrogen-bond acceptors (Lipinski definition) is 3. The second-order valence-electron chi connectivity index (χ2n) is 5.32. The van der Waals surface area contributed by atoms with E-state index in [9.17, 15) is 14.7 Å². The van der Waals surface area contributed by atoms with E-state index >= 15 is 0 Å². The van der Waals surface area contributed by atoms with E-state index in [0.717, 1.165) is 0 Å². The summed E-state index contributed by atoms with van der Waals surface area (Å²) in [5.74, 6) is -1.30. The molecule has 0 aromatic heterocycles. The Balaban J connectivity index is 1.85. The predicted molar refractivity (Wildman–Crippen MR) is 60.3 cm³/mol. The lowest BCUT2D eigenvalue weighted by Gasteiger charge is -2.47. The first-order valence-corrected chi connectivity index (χ1v) is 6.19. The number of aliphatic hydroxyl groups is 1. The van der Waals surface area contributed by atoms with Gasteiger partial charge in [-0.3, -0.25) is 9.59 Å². The Hall–Kier alpha value is -1.10. The molecule has 1 amide bonds. The molecule has 0 aromatic rings. The molecular formula is C12H19NO4. The molecule has 1 aliphatic carbocycles. The van der Waals surface area contributed by atoms with Crippen LogP contribution in [-0.2, 0) is 9.59 Å². The van der Waals surface area contributed by atoms with Crippen molar-refractivity contribution in [3.8, 4) is 0 Å². The number of amides is 1. The summed E-state index contributed by atoms with van der Waals surface area (Å²) in [7, 11) is 0. The van der Waals surface area contributed by atoms with Crippen molar-refractivity contribution in [2.75, 3.05) is 13.1 Å². The van der Waals surface area contributed by atoms with Crippen LogP contribution in [0.5, 0.6) is 0 Å². The van der Waals surface area contributed by atoms with Crippen LogP contribution in [0.25, 0.3) is 0 Å². The second kappa shape index (κ2) is 4.29. The smallest absolute Gasteiger partial charge is 0.306 e. The van der Waals surface area contributed by atoms with E-state index in [1.165, 1.54) is 0 Å². The number of carbonyl (C=O) groups is 2. The third-order valence-corrected chi connectivity index (χ3v) is 4.07. The fourth-order valence-electron chi connectivity index (χ4n) is 2.73. The lowest BCUT2D eigenvalue weighted by atomic mass is 9.89. The Morgan fingerprint density at radius 1 is 1.29 bits per heavy atom. The molecule has 1 aliphatic heterocycles. The topological polar surface area (TPSA) is 77.8 Å². The van der Waals surface area contributed by atoms with Gasteiger partial charge in [0.1, 0.15) is 0 Å². The van der Waals surface area contributed by atoms with Gasteiger partial charge in [0.25, 0.3) is 0 Å². The van der Waals surface area contributed by atoms with Crippen LogP contribution < -0.4 is 0 Å². The highest BCUT2D eigenvalue weighted by Gasteiger charge is 2.45. The fourth-order valence-corrected chi connectivity index (χ4v) is 2.73. The van der Waals surface area contributed by atoms with Gasteiger partial charge < -0.3 is 15.1 Å². The van der Waals surface area contributed by atoms with Gasteiger partial charge in [-0.05, 0) is 25.7 Å². The number of carboxylic acids is 1. The van der Waals surface area contributed by atoms with Crippen molar-refractivity contribution in [2.45, 2.75) is 38.2 Å². The molecule has 0 bridgehead atoms. The van der Waals surface area contributed by atoms with Crippen molar-refractivity contribution in [3.05, 3.63) is 0 Å². The number of nitrogens with zero attached hydrogens (tertiary/aromatic N) is 1. The summed E-state index contributed by atoms with van der Waals surface area (Å²) in [6.45, 7) is 2.70. The highest BCUT2D eigenvalue weighted by Crippen LogP contribution is 2.35. The zero-order valence-corrected chi connectivity index (χ0v) is 10.1. The van der Waals surface area contributed by atoms with Crippen LogP contribution >= 0.6 is 0 Å². The first kappa shape index (κ1) is 12.4. The Morgan fingerprint density at radius 3 is 2.35 bits per heavy atom. The lowest BCUT2D eigenvalue weighted by Crippen LogP contribution is -2.64. The highest BCUT2D eigenvalue weighted by atomic mass is 16.4. The summed E-state index contributed by atoms with van der Waals surface area (Å²) in [5, 5.41) is 18.7. The lowest BCUT2D eigenvalue weighted by molar-refractivity contribution is -0.160. The summed E-state index contributed by atoms with van der Waals surface area (Å²) < 4.78 is 0. The fraction of sp³-hybridized carbons (Fsp3) is 0.833. The number of hydrogen-bond donors (Lipinski definition) is 2. The summed E-state index contributed by atoms with van der Waals surface area (Å²) in [5.41, 5.74) is -0.708. The highest BCUT2D eigenvalue weighted by molar-refractivity contribution is 5.82. The summed E-state index contributed by atoms with van der Waals surface area (Å²) in [4.78, 5) is 24.5. The van der Waals surface area contributed by atoms with Gasteiger partial charge in [-0.15, -0.1) is 0 Å². The van der Waals surface area contributed by atoms with Crippen LogP contribution in [0.1, 0.15) is 32.6 Å². The van der Waals surface area contributed by atoms with Crippen LogP contribution in [0.15, 0.2) is 0 Å². The molecule has 5 nitrogen and oxygen atoms in total. The molecule has 5 heteroatoms. The molecule has 1 saturated heterocycles. The Bertz CT molecular complexity index is 335. The van der Waals surface area contributed by atoms with Gasteiger partial charge in [0, 0.05) is 5.92 Å². The summed E-state index contributed by atoms with van der Waals surface area (Å²) >= 11 is 0. The number of carbonyl (C=O) groups excluding carboxylic acids is 1. The van der Waals surface area contributed by atoms with Crippen molar-refractivity contribution in [2.24, 2.45) is 11.8 Å². The molecule has 2 unspecified atom stereocenters. The number of aliphatic carboxylic acids is 1. The van der Waals surface area contributed by atoms with Gasteiger partial charge >= 0.3 is 5.97 Å². The second-order valence-corrected chi connectivity index (χ2v) is 5.32. The molecule has 1 saturated carbocycles. The molecule has 2 fully saturated rings. The van der Waals surface area contributed by atoms with Crippen LogP contribution in [-0.4, -0.2) is 45.7 Å². The van der Waals surface area contributed by atoms with E-state index in [1.54, 1.807) is 4.90 Å². The van der Waals surface area contributed by atoms with Crippen LogP contribution in [0, 0.1) is 11.8 Å². The maximum absolute atomic E-state index is 12.0. The first-order valence-electron chi connectivity index (χ1n) is 6.19. The van der Waals surface area contributed by atoms with Crippen LogP contribution in [0.2, 0.25) is 0 Å². The average Bonchev–Trinajstić information content (AvgIpc) is 2.73. The summed E-state index contributed by atoms with van der Waals surface area (Å²) in [6.07, 6.45) is 2.36. The SMILES string of the molecule is CCC1(O)CN(C(=O)C2CCC(C(=O)O)C2)C1. The third kappa shape index (κ3) is 2.29. The molecule has 2 atom stereocenters. The van der Waals surface area contributed by atoms with E-state index in [4.69, 9.17) is 5.11 Å². The van der Waals surface area contributed by atoms with E-state index < -0.39 is 11.6 Å². The van der Waals surface area contributed by atoms with Crippen molar-refractivity contribution < 1.29 is 19.8 Å². The maximum atomic E-state index is 12.0. The van der Waals surface area contributed by atoms with Crippen molar-refractivity contribution >= 4 is 11.9 Å². The largest absolute Gasteiger partial charge is 0.481 e. The molecule has 0 radical (unpaired) electrons. The molecule has 0 aromatic carbocycles. The van der Waals surface area contributed by atoms with Crippen LogP contribution in [0.4, 0.5) is 0 Å². The van der Waals surface area contributed by atoms with E-state index in [0.29, 0.717) is 38.8 Å². The molecular weight excluding hydrogens is 222 g/mol. The first-order chi connectivity index (χ1) is 7.95. The quantitative estimate of drug-likeness (QED) is 0.753. The number of likely N-dealkylation sites (tertiary alicyclic amines) is 1. The normalized spacial score (nSPS) is 31.1. The van der Waals surface area contributed by atoms with Gasteiger partial charge in [-0.1, -0.05) is 6.92 Å². The summed E-state index contributed by atoms with van der Waals surface area (Å²) in [6, 6.07) is 0. The Morgan fingerprint density at radius 2 is 1.88 bits per heavy atom. The van der Waals surface area contributed by atoms with Gasteiger partial charge in [-0.2, -0.15) is 0 Å². The zero-order chi connectivity index (χ0) is 12.6. The predicted octanol–water partition coefficient (Wildman–Crippen LogP) is 0.471. The van der Waals surface area contributed by atoms with Crippen molar-refractivity contribution in [3.63, 3.8) is 0 Å². The molecule has 2 N–H and O–H groups in total. The molecule has 17 heavy (non-hydrogen) atoms. The average molecular weight is 241 g/mol. The van der Waals surface area contributed by atoms with Gasteiger partial charge in [0.15, 0.2) is 0 Å². The zero-order valence-electron chi connectivity index (χ0n) is 10.1. The number of β-amino-alcohol motifs (C(OH)–C–C–N with tert-alkyl or cyclic N) is 1. The molecule has 0 spiro atoms. The Labute approximate surface area is 100 Å². The van der Waals surface area contributed by atoms with Crippen molar-refractivity contribution in [1.29, 1.82) is 0 Å². The van der Waals surface area contributed by atoms with Gasteiger partial charge in [0.2, 0.25) is 5.91 Å². The molecule has 2 aliphatic rings. The van der Waals surface area contributed by atoms with E-state index in [1.807, 2.05) is 6.92 Å². The molecule has 96 valence electrons. The minimum absolute atomic E-state index is 0.0203. The Kier molecular flexibility index (Phi) is 3.12. The van der Waals surface area contributed by atoms with Crippen LogP contribution in [0.3, 0.4) is 0 Å². The monoisotopic (exact) mass is 241 g/mol. The standard InChI is InChI=1S/C12H19NO4/c1-2-12(17)6-13(7-12)10(14)8-3-4-9(5-8)11(15)16/h8-9,17H,2-7H2,1H3,(H,15,16). The number of carboxylic acid groups (broad SMARTS) is 1. The molecule has 2 rings (SSSR count). The van der Waals surface area contributed by atoms with E-state index in [2.05, 4.69) is 0 Å². The van der Waals surface area contributed by atoms with Crippen molar-refractivity contribution in [1.82, 2.24) is 4.90 Å². The van der Waals surface area contributed by atoms with Gasteiger partial charge in [0.05, 0.1) is 24.6 Å².